The fourth-order valence-corrected chi connectivity index (χ4v) is 2.03. The van der Waals surface area contributed by atoms with Gasteiger partial charge in [0.1, 0.15) is 6.10 Å². The summed E-state index contributed by atoms with van der Waals surface area (Å²) in [4.78, 5) is 8.17. The minimum absolute atomic E-state index is 0.0141. The molecule has 2 rings (SSSR count). The molecule has 1 heterocycles. The van der Waals surface area contributed by atoms with Crippen molar-refractivity contribution in [3.8, 4) is 0 Å². The van der Waals surface area contributed by atoms with Crippen LogP contribution in [0.1, 0.15) is 43.7 Å². The van der Waals surface area contributed by atoms with Crippen LogP contribution >= 0.6 is 0 Å². The summed E-state index contributed by atoms with van der Waals surface area (Å²) in [5, 5.41) is 10.4. The summed E-state index contributed by atoms with van der Waals surface area (Å²) in [5.41, 5.74) is 2.59. The standard InChI is InChI=1S/C15H18N2O/c1-15(2,3)12-7-5-4-6-11(12)14(18)13-10-16-8-9-17-13/h4-10,14,18H,1-3H3. The quantitative estimate of drug-likeness (QED) is 0.880. The van der Waals surface area contributed by atoms with Crippen LogP contribution in [-0.4, -0.2) is 15.1 Å². The zero-order chi connectivity index (χ0) is 13.2. The minimum atomic E-state index is -0.728. The van der Waals surface area contributed by atoms with Gasteiger partial charge < -0.3 is 5.11 Å². The van der Waals surface area contributed by atoms with E-state index in [9.17, 15) is 5.11 Å². The van der Waals surface area contributed by atoms with E-state index in [-0.39, 0.29) is 5.41 Å². The van der Waals surface area contributed by atoms with Crippen LogP contribution in [-0.2, 0) is 5.41 Å². The molecule has 0 amide bonds. The molecular weight excluding hydrogens is 224 g/mol. The molecule has 1 unspecified atom stereocenters. The highest BCUT2D eigenvalue weighted by atomic mass is 16.3. The third kappa shape index (κ3) is 2.57. The Morgan fingerprint density at radius 3 is 2.44 bits per heavy atom. The maximum absolute atomic E-state index is 10.4. The van der Waals surface area contributed by atoms with E-state index in [4.69, 9.17) is 0 Å². The van der Waals surface area contributed by atoms with Crippen LogP contribution < -0.4 is 0 Å². The lowest BCUT2D eigenvalue weighted by atomic mass is 9.82. The zero-order valence-electron chi connectivity index (χ0n) is 11.0. The maximum Gasteiger partial charge on any atom is 0.123 e. The van der Waals surface area contributed by atoms with Crippen molar-refractivity contribution in [2.24, 2.45) is 0 Å². The third-order valence-corrected chi connectivity index (χ3v) is 2.93. The van der Waals surface area contributed by atoms with Gasteiger partial charge in [-0.3, -0.25) is 9.97 Å². The molecule has 94 valence electrons. The molecule has 0 aliphatic rings. The van der Waals surface area contributed by atoms with E-state index in [2.05, 4.69) is 36.8 Å². The number of rotatable bonds is 2. The van der Waals surface area contributed by atoms with E-state index in [1.54, 1.807) is 18.6 Å². The Balaban J connectivity index is 2.46. The summed E-state index contributed by atoms with van der Waals surface area (Å²) in [5.74, 6) is 0. The number of aliphatic hydroxyl groups excluding tert-OH is 1. The fourth-order valence-electron chi connectivity index (χ4n) is 2.03. The number of aliphatic hydroxyl groups is 1. The number of aromatic nitrogens is 2. The predicted octanol–water partition coefficient (Wildman–Crippen LogP) is 2.86. The van der Waals surface area contributed by atoms with Crippen molar-refractivity contribution in [3.05, 3.63) is 59.7 Å². The number of nitrogens with zero attached hydrogens (tertiary/aromatic N) is 2. The summed E-state index contributed by atoms with van der Waals surface area (Å²) in [6, 6.07) is 7.92. The fraction of sp³-hybridized carbons (Fsp3) is 0.333. The van der Waals surface area contributed by atoms with Crippen molar-refractivity contribution < 1.29 is 5.11 Å². The topological polar surface area (TPSA) is 46.0 Å². The molecule has 0 spiro atoms. The molecule has 1 atom stereocenters. The molecule has 3 nitrogen and oxygen atoms in total. The average Bonchev–Trinajstić information content (AvgIpc) is 2.38. The van der Waals surface area contributed by atoms with Crippen molar-refractivity contribution in [2.75, 3.05) is 0 Å². The SMILES string of the molecule is CC(C)(C)c1ccccc1C(O)c1cnccn1. The van der Waals surface area contributed by atoms with Crippen LogP contribution in [0.3, 0.4) is 0 Å². The lowest BCUT2D eigenvalue weighted by Crippen LogP contribution is -2.17. The maximum atomic E-state index is 10.4. The van der Waals surface area contributed by atoms with Crippen molar-refractivity contribution in [1.82, 2.24) is 9.97 Å². The van der Waals surface area contributed by atoms with Gasteiger partial charge in [0.25, 0.3) is 0 Å². The van der Waals surface area contributed by atoms with Gasteiger partial charge in [-0.25, -0.2) is 0 Å². The Morgan fingerprint density at radius 2 is 1.83 bits per heavy atom. The van der Waals surface area contributed by atoms with Crippen molar-refractivity contribution >= 4 is 0 Å². The summed E-state index contributed by atoms with van der Waals surface area (Å²) in [6.45, 7) is 6.40. The zero-order valence-corrected chi connectivity index (χ0v) is 11.0. The third-order valence-electron chi connectivity index (χ3n) is 2.93. The molecule has 0 saturated heterocycles. The Bertz CT molecular complexity index is 518. The highest BCUT2D eigenvalue weighted by Gasteiger charge is 2.22. The molecule has 18 heavy (non-hydrogen) atoms. The van der Waals surface area contributed by atoms with Gasteiger partial charge in [0.15, 0.2) is 0 Å². The Morgan fingerprint density at radius 1 is 1.11 bits per heavy atom. The van der Waals surface area contributed by atoms with Crippen LogP contribution in [0.15, 0.2) is 42.9 Å². The monoisotopic (exact) mass is 242 g/mol. The summed E-state index contributed by atoms with van der Waals surface area (Å²) >= 11 is 0. The van der Waals surface area contributed by atoms with Crippen molar-refractivity contribution in [1.29, 1.82) is 0 Å². The molecule has 2 aromatic rings. The van der Waals surface area contributed by atoms with E-state index < -0.39 is 6.10 Å². The molecule has 1 aromatic carbocycles. The number of benzene rings is 1. The van der Waals surface area contributed by atoms with Crippen LogP contribution in [0.25, 0.3) is 0 Å². The van der Waals surface area contributed by atoms with E-state index in [0.717, 1.165) is 11.1 Å². The normalized spacial score (nSPS) is 13.3. The van der Waals surface area contributed by atoms with Gasteiger partial charge in [0.2, 0.25) is 0 Å². The smallest absolute Gasteiger partial charge is 0.123 e. The first-order valence-corrected chi connectivity index (χ1v) is 6.03. The molecule has 1 aromatic heterocycles. The molecule has 0 bridgehead atoms. The van der Waals surface area contributed by atoms with E-state index in [1.807, 2.05) is 18.2 Å². The second-order valence-corrected chi connectivity index (χ2v) is 5.37. The number of hydrogen-bond acceptors (Lipinski definition) is 3. The predicted molar refractivity (Wildman–Crippen MR) is 71.2 cm³/mol. The molecule has 0 radical (unpaired) electrons. The molecule has 1 N–H and O–H groups in total. The summed E-state index contributed by atoms with van der Waals surface area (Å²) in [6.07, 6.45) is 4.07. The van der Waals surface area contributed by atoms with E-state index >= 15 is 0 Å². The lowest BCUT2D eigenvalue weighted by Gasteiger charge is -2.25. The van der Waals surface area contributed by atoms with Gasteiger partial charge in [0.05, 0.1) is 11.9 Å². The highest BCUT2D eigenvalue weighted by Crippen LogP contribution is 2.31. The second-order valence-electron chi connectivity index (χ2n) is 5.37. The van der Waals surface area contributed by atoms with Gasteiger partial charge in [-0.1, -0.05) is 45.0 Å². The van der Waals surface area contributed by atoms with Gasteiger partial charge in [-0.15, -0.1) is 0 Å². The molecule has 0 aliphatic carbocycles. The largest absolute Gasteiger partial charge is 0.382 e. The van der Waals surface area contributed by atoms with Crippen LogP contribution in [0, 0.1) is 0 Å². The average molecular weight is 242 g/mol. The van der Waals surface area contributed by atoms with Crippen LogP contribution in [0.4, 0.5) is 0 Å². The van der Waals surface area contributed by atoms with E-state index in [1.165, 1.54) is 0 Å². The van der Waals surface area contributed by atoms with Gasteiger partial charge >= 0.3 is 0 Å². The molecular formula is C15H18N2O. The molecule has 0 saturated carbocycles. The number of hydrogen-bond donors (Lipinski definition) is 1. The van der Waals surface area contributed by atoms with Crippen molar-refractivity contribution in [2.45, 2.75) is 32.3 Å². The first-order valence-electron chi connectivity index (χ1n) is 6.03. The van der Waals surface area contributed by atoms with Gasteiger partial charge in [0, 0.05) is 12.4 Å². The highest BCUT2D eigenvalue weighted by molar-refractivity contribution is 5.37. The molecule has 3 heteroatoms. The minimum Gasteiger partial charge on any atom is -0.382 e. The molecule has 0 aliphatic heterocycles. The van der Waals surface area contributed by atoms with E-state index in [0.29, 0.717) is 5.69 Å². The van der Waals surface area contributed by atoms with Crippen LogP contribution in [0.5, 0.6) is 0 Å². The van der Waals surface area contributed by atoms with Gasteiger partial charge in [-0.05, 0) is 16.5 Å². The Kier molecular flexibility index (Phi) is 3.43. The van der Waals surface area contributed by atoms with Crippen LogP contribution in [0.2, 0.25) is 0 Å². The lowest BCUT2D eigenvalue weighted by molar-refractivity contribution is 0.212. The van der Waals surface area contributed by atoms with Gasteiger partial charge in [-0.2, -0.15) is 0 Å². The summed E-state index contributed by atoms with van der Waals surface area (Å²) < 4.78 is 0. The Hall–Kier alpha value is -1.74. The summed E-state index contributed by atoms with van der Waals surface area (Å²) in [7, 11) is 0. The molecule has 0 fully saturated rings. The first kappa shape index (κ1) is 12.7. The Labute approximate surface area is 108 Å². The first-order chi connectivity index (χ1) is 8.50. The van der Waals surface area contributed by atoms with Crippen molar-refractivity contribution in [3.63, 3.8) is 0 Å². The second kappa shape index (κ2) is 4.86.